The van der Waals surface area contributed by atoms with Crippen molar-refractivity contribution in [2.24, 2.45) is 16.7 Å². The SMILES string of the molecule is COC(=O)[C@](C)(COC(C)=O)COC(=O)OC[C@H](COC(=O)C(C)(C)C[C@H](Br)c1ccccc1)C(=O)OCC(C)(F)F. The van der Waals surface area contributed by atoms with Crippen molar-refractivity contribution in [2.45, 2.75) is 51.8 Å². The highest BCUT2D eigenvalue weighted by atomic mass is 79.9. The third kappa shape index (κ3) is 13.1. The van der Waals surface area contributed by atoms with E-state index in [0.717, 1.165) is 19.6 Å². The minimum absolute atomic E-state index is 0.191. The van der Waals surface area contributed by atoms with Crippen molar-refractivity contribution in [3.05, 3.63) is 35.9 Å². The molecule has 1 aromatic rings. The zero-order valence-corrected chi connectivity index (χ0v) is 26.0. The van der Waals surface area contributed by atoms with E-state index in [1.54, 1.807) is 13.8 Å². The first-order chi connectivity index (χ1) is 19.4. The van der Waals surface area contributed by atoms with E-state index in [2.05, 4.69) is 25.4 Å². The molecule has 14 heteroatoms. The Labute approximate surface area is 251 Å². The molecule has 0 amide bonds. The molecule has 0 radical (unpaired) electrons. The van der Waals surface area contributed by atoms with Gasteiger partial charge in [-0.2, -0.15) is 0 Å². The molecule has 0 aliphatic rings. The molecule has 0 saturated carbocycles. The Kier molecular flexibility index (Phi) is 14.3. The molecule has 0 bridgehead atoms. The van der Waals surface area contributed by atoms with Crippen molar-refractivity contribution >= 4 is 46.0 Å². The first-order valence-electron chi connectivity index (χ1n) is 12.8. The maximum Gasteiger partial charge on any atom is 0.508 e. The van der Waals surface area contributed by atoms with Crippen LogP contribution in [-0.4, -0.2) is 76.1 Å². The van der Waals surface area contributed by atoms with Crippen molar-refractivity contribution in [2.75, 3.05) is 40.1 Å². The molecule has 3 atom stereocenters. The number of rotatable bonds is 16. The van der Waals surface area contributed by atoms with Gasteiger partial charge in [0.25, 0.3) is 5.92 Å². The molecule has 0 fully saturated rings. The second-order valence-electron chi connectivity index (χ2n) is 10.6. The Morgan fingerprint density at radius 1 is 0.810 bits per heavy atom. The Morgan fingerprint density at radius 3 is 1.93 bits per heavy atom. The predicted octanol–water partition coefficient (Wildman–Crippen LogP) is 4.79. The summed E-state index contributed by atoms with van der Waals surface area (Å²) in [5.41, 5.74) is -1.67. The van der Waals surface area contributed by atoms with Crippen LogP contribution in [0.1, 0.15) is 51.4 Å². The van der Waals surface area contributed by atoms with Gasteiger partial charge in [-0.05, 0) is 32.8 Å². The molecule has 0 saturated heterocycles. The lowest BCUT2D eigenvalue weighted by molar-refractivity contribution is -0.167. The summed E-state index contributed by atoms with van der Waals surface area (Å²) < 4.78 is 55.8. The van der Waals surface area contributed by atoms with Crippen LogP contribution >= 0.6 is 15.9 Å². The molecule has 0 N–H and O–H groups in total. The molecule has 0 aliphatic carbocycles. The van der Waals surface area contributed by atoms with Gasteiger partial charge in [-0.15, -0.1) is 0 Å². The molecule has 11 nitrogen and oxygen atoms in total. The number of carbonyl (C=O) groups is 5. The van der Waals surface area contributed by atoms with Gasteiger partial charge in [0.15, 0.2) is 6.61 Å². The van der Waals surface area contributed by atoms with Crippen LogP contribution < -0.4 is 0 Å². The Balaban J connectivity index is 2.86. The summed E-state index contributed by atoms with van der Waals surface area (Å²) in [5, 5.41) is 0. The van der Waals surface area contributed by atoms with Crippen LogP contribution in [0.4, 0.5) is 13.6 Å². The van der Waals surface area contributed by atoms with Gasteiger partial charge in [0.1, 0.15) is 37.8 Å². The topological polar surface area (TPSA) is 141 Å². The monoisotopic (exact) mass is 666 g/mol. The van der Waals surface area contributed by atoms with E-state index in [-0.39, 0.29) is 4.83 Å². The van der Waals surface area contributed by atoms with Crippen molar-refractivity contribution in [3.63, 3.8) is 0 Å². The molecule has 42 heavy (non-hydrogen) atoms. The van der Waals surface area contributed by atoms with Crippen LogP contribution in [0.25, 0.3) is 0 Å². The number of carbonyl (C=O) groups excluding carboxylic acids is 5. The van der Waals surface area contributed by atoms with Gasteiger partial charge in [0.2, 0.25) is 0 Å². The summed E-state index contributed by atoms with van der Waals surface area (Å²) >= 11 is 3.55. The molecule has 236 valence electrons. The first kappa shape index (κ1) is 36.7. The molecule has 0 spiro atoms. The zero-order chi connectivity index (χ0) is 32.1. The van der Waals surface area contributed by atoms with Gasteiger partial charge < -0.3 is 28.4 Å². The highest BCUT2D eigenvalue weighted by molar-refractivity contribution is 9.09. The number of hydrogen-bond acceptors (Lipinski definition) is 11. The van der Waals surface area contributed by atoms with Crippen molar-refractivity contribution < 1.29 is 61.2 Å². The molecule has 0 aromatic heterocycles. The Hall–Kier alpha value is -3.29. The summed E-state index contributed by atoms with van der Waals surface area (Å²) in [6.07, 6.45) is -1.02. The van der Waals surface area contributed by atoms with Gasteiger partial charge in [-0.1, -0.05) is 46.3 Å². The highest BCUT2D eigenvalue weighted by Crippen LogP contribution is 2.36. The Morgan fingerprint density at radius 2 is 1.38 bits per heavy atom. The number of esters is 4. The average molecular weight is 667 g/mol. The largest absolute Gasteiger partial charge is 0.508 e. The number of halogens is 3. The summed E-state index contributed by atoms with van der Waals surface area (Å²) in [4.78, 5) is 60.8. The zero-order valence-electron chi connectivity index (χ0n) is 24.4. The number of ether oxygens (including phenoxy) is 6. The van der Waals surface area contributed by atoms with E-state index in [9.17, 15) is 32.8 Å². The second-order valence-corrected chi connectivity index (χ2v) is 11.7. The van der Waals surface area contributed by atoms with E-state index in [0.29, 0.717) is 13.3 Å². The fourth-order valence-electron chi connectivity index (χ4n) is 3.28. The molecule has 0 heterocycles. The van der Waals surface area contributed by atoms with Crippen LogP contribution in [0, 0.1) is 16.7 Å². The van der Waals surface area contributed by atoms with Gasteiger partial charge >= 0.3 is 30.0 Å². The van der Waals surface area contributed by atoms with E-state index >= 15 is 0 Å². The van der Waals surface area contributed by atoms with E-state index in [1.165, 1.54) is 6.92 Å². The summed E-state index contributed by atoms with van der Waals surface area (Å²) in [7, 11) is 1.09. The number of benzene rings is 1. The van der Waals surface area contributed by atoms with Crippen LogP contribution in [-0.2, 0) is 47.6 Å². The van der Waals surface area contributed by atoms with Gasteiger partial charge in [0.05, 0.1) is 12.5 Å². The van der Waals surface area contributed by atoms with Crippen LogP contribution in [0.5, 0.6) is 0 Å². The quantitative estimate of drug-likeness (QED) is 0.137. The number of hydrogen-bond donors (Lipinski definition) is 0. The fourth-order valence-corrected chi connectivity index (χ4v) is 4.39. The van der Waals surface area contributed by atoms with Crippen LogP contribution in [0.15, 0.2) is 30.3 Å². The third-order valence-electron chi connectivity index (χ3n) is 5.80. The van der Waals surface area contributed by atoms with Crippen molar-refractivity contribution in [1.29, 1.82) is 0 Å². The molecular weight excluding hydrogens is 630 g/mol. The maximum absolute atomic E-state index is 13.3. The van der Waals surface area contributed by atoms with E-state index in [1.807, 2.05) is 30.3 Å². The molecule has 0 aliphatic heterocycles. The summed E-state index contributed by atoms with van der Waals surface area (Å²) in [6, 6.07) is 9.33. The van der Waals surface area contributed by atoms with E-state index in [4.69, 9.17) is 18.9 Å². The molecule has 1 aromatic carbocycles. The average Bonchev–Trinajstić information content (AvgIpc) is 2.92. The molecule has 0 unspecified atom stereocenters. The van der Waals surface area contributed by atoms with Gasteiger partial charge in [-0.3, -0.25) is 19.2 Å². The lowest BCUT2D eigenvalue weighted by atomic mass is 9.86. The highest BCUT2D eigenvalue weighted by Gasteiger charge is 2.39. The minimum Gasteiger partial charge on any atom is -0.468 e. The van der Waals surface area contributed by atoms with Crippen molar-refractivity contribution in [1.82, 2.24) is 0 Å². The lowest BCUT2D eigenvalue weighted by Gasteiger charge is -2.27. The van der Waals surface area contributed by atoms with Gasteiger partial charge in [0, 0.05) is 18.7 Å². The molecule has 1 rings (SSSR count). The smallest absolute Gasteiger partial charge is 0.468 e. The summed E-state index contributed by atoms with van der Waals surface area (Å²) in [5.74, 6) is -8.22. The first-order valence-corrected chi connectivity index (χ1v) is 13.7. The maximum atomic E-state index is 13.3. The fraction of sp³-hybridized carbons (Fsp3) is 0.607. The minimum atomic E-state index is -3.33. The van der Waals surface area contributed by atoms with Crippen LogP contribution in [0.3, 0.4) is 0 Å². The standard InChI is InChI=1S/C28H37BrF2O11/c1-18(32)40-15-27(4,24(35)37-6)16-42-25(36)39-14-20(22(33)41-17-28(5,30)31)13-38-23(34)26(2,3)12-21(29)19-10-8-7-9-11-19/h7-11,20-21H,12-17H2,1-6H3/t20-,21-,27+/m0/s1. The molecular formula is C28H37BrF2O11. The normalized spacial score (nSPS) is 14.4. The lowest BCUT2D eigenvalue weighted by Crippen LogP contribution is -2.40. The van der Waals surface area contributed by atoms with Crippen molar-refractivity contribution in [3.8, 4) is 0 Å². The predicted molar refractivity (Wildman–Crippen MR) is 147 cm³/mol. The second kappa shape index (κ2) is 16.4. The van der Waals surface area contributed by atoms with Gasteiger partial charge in [-0.25, -0.2) is 13.6 Å². The Bertz CT molecular complexity index is 1080. The van der Waals surface area contributed by atoms with Crippen LogP contribution in [0.2, 0.25) is 0 Å². The summed E-state index contributed by atoms with van der Waals surface area (Å²) in [6.45, 7) is 2.52. The number of methoxy groups -OCH3 is 1. The van der Waals surface area contributed by atoms with E-state index < -0.39 is 85.7 Å². The third-order valence-corrected chi connectivity index (χ3v) is 6.66. The number of alkyl halides is 3.